The lowest BCUT2D eigenvalue weighted by Gasteiger charge is -2.19. The van der Waals surface area contributed by atoms with Crippen LogP contribution in [0, 0.1) is 12.8 Å². The molecule has 1 aromatic carbocycles. The normalized spacial score (nSPS) is 12.9. The summed E-state index contributed by atoms with van der Waals surface area (Å²) in [6.45, 7) is 11.4. The molecule has 0 aliphatic heterocycles. The van der Waals surface area contributed by atoms with Gasteiger partial charge in [0, 0.05) is 19.3 Å². The third-order valence-electron chi connectivity index (χ3n) is 3.30. The number of nitrogens with one attached hydrogen (secondary N) is 1. The van der Waals surface area contributed by atoms with Gasteiger partial charge in [0.15, 0.2) is 0 Å². The number of ether oxygens (including phenoxy) is 1. The molecule has 1 rings (SSSR count). The van der Waals surface area contributed by atoms with Gasteiger partial charge in [-0.1, -0.05) is 43.7 Å². The standard InChI is InChI=1S/C17H29NO/c1-5-19-10-9-17(13-18-14(2)3)12-16-8-6-7-15(4)11-16/h6-8,11,14,17-18H,5,9-10,12-13H2,1-4H3. The lowest BCUT2D eigenvalue weighted by atomic mass is 9.95. The summed E-state index contributed by atoms with van der Waals surface area (Å²) in [5.41, 5.74) is 2.78. The Bertz CT molecular complexity index is 349. The number of rotatable bonds is 9. The second-order valence-electron chi connectivity index (χ2n) is 5.61. The van der Waals surface area contributed by atoms with E-state index in [1.54, 1.807) is 0 Å². The molecule has 0 saturated carbocycles. The highest BCUT2D eigenvalue weighted by Gasteiger charge is 2.10. The van der Waals surface area contributed by atoms with Crippen molar-refractivity contribution in [1.82, 2.24) is 5.32 Å². The summed E-state index contributed by atoms with van der Waals surface area (Å²) in [7, 11) is 0. The molecule has 108 valence electrons. The summed E-state index contributed by atoms with van der Waals surface area (Å²) < 4.78 is 5.50. The van der Waals surface area contributed by atoms with E-state index in [-0.39, 0.29) is 0 Å². The van der Waals surface area contributed by atoms with Crippen LogP contribution in [0.15, 0.2) is 24.3 Å². The summed E-state index contributed by atoms with van der Waals surface area (Å²) in [5.74, 6) is 0.649. The smallest absolute Gasteiger partial charge is 0.0469 e. The van der Waals surface area contributed by atoms with Gasteiger partial charge in [0.25, 0.3) is 0 Å². The van der Waals surface area contributed by atoms with E-state index >= 15 is 0 Å². The van der Waals surface area contributed by atoms with Gasteiger partial charge in [0.1, 0.15) is 0 Å². The molecule has 2 heteroatoms. The highest BCUT2D eigenvalue weighted by Crippen LogP contribution is 2.14. The van der Waals surface area contributed by atoms with E-state index in [1.165, 1.54) is 11.1 Å². The third-order valence-corrected chi connectivity index (χ3v) is 3.30. The molecule has 19 heavy (non-hydrogen) atoms. The van der Waals surface area contributed by atoms with Crippen LogP contribution in [-0.4, -0.2) is 25.8 Å². The molecule has 2 nitrogen and oxygen atoms in total. The predicted octanol–water partition coefficient (Wildman–Crippen LogP) is 3.58. The maximum Gasteiger partial charge on any atom is 0.0469 e. The number of hydrogen-bond donors (Lipinski definition) is 1. The zero-order valence-electron chi connectivity index (χ0n) is 12.9. The molecule has 1 atom stereocenters. The molecule has 1 unspecified atom stereocenters. The molecule has 0 amide bonds. The maximum atomic E-state index is 5.50. The molecule has 0 fully saturated rings. The zero-order chi connectivity index (χ0) is 14.1. The summed E-state index contributed by atoms with van der Waals surface area (Å²) in [6.07, 6.45) is 2.26. The van der Waals surface area contributed by atoms with Crippen molar-refractivity contribution in [1.29, 1.82) is 0 Å². The van der Waals surface area contributed by atoms with Gasteiger partial charge in [-0.2, -0.15) is 0 Å². The molecule has 0 aliphatic carbocycles. The van der Waals surface area contributed by atoms with Crippen molar-refractivity contribution in [3.63, 3.8) is 0 Å². The van der Waals surface area contributed by atoms with Crippen molar-refractivity contribution < 1.29 is 4.74 Å². The lowest BCUT2D eigenvalue weighted by molar-refractivity contribution is 0.131. The third kappa shape index (κ3) is 7.34. The molecular weight excluding hydrogens is 234 g/mol. The fourth-order valence-corrected chi connectivity index (χ4v) is 2.25. The van der Waals surface area contributed by atoms with Gasteiger partial charge in [0.05, 0.1) is 0 Å². The van der Waals surface area contributed by atoms with Crippen molar-refractivity contribution in [3.8, 4) is 0 Å². The summed E-state index contributed by atoms with van der Waals surface area (Å²) in [6, 6.07) is 9.39. The lowest BCUT2D eigenvalue weighted by Crippen LogP contribution is -2.30. The van der Waals surface area contributed by atoms with Crippen LogP contribution in [0.4, 0.5) is 0 Å². The largest absolute Gasteiger partial charge is 0.382 e. The predicted molar refractivity (Wildman–Crippen MR) is 82.6 cm³/mol. The van der Waals surface area contributed by atoms with Crippen molar-refractivity contribution in [2.75, 3.05) is 19.8 Å². The molecule has 0 heterocycles. The highest BCUT2D eigenvalue weighted by molar-refractivity contribution is 5.22. The van der Waals surface area contributed by atoms with Gasteiger partial charge < -0.3 is 10.1 Å². The Hall–Kier alpha value is -0.860. The quantitative estimate of drug-likeness (QED) is 0.688. The van der Waals surface area contributed by atoms with Gasteiger partial charge in [0.2, 0.25) is 0 Å². The summed E-state index contributed by atoms with van der Waals surface area (Å²) >= 11 is 0. The van der Waals surface area contributed by atoms with Gasteiger partial charge in [-0.15, -0.1) is 0 Å². The van der Waals surface area contributed by atoms with Crippen LogP contribution in [0.2, 0.25) is 0 Å². The second kappa shape index (κ2) is 9.11. The molecule has 0 radical (unpaired) electrons. The van der Waals surface area contributed by atoms with Crippen LogP contribution in [0.25, 0.3) is 0 Å². The van der Waals surface area contributed by atoms with Crippen LogP contribution >= 0.6 is 0 Å². The van der Waals surface area contributed by atoms with E-state index in [2.05, 4.69) is 57.3 Å². The van der Waals surface area contributed by atoms with Crippen molar-refractivity contribution in [2.24, 2.45) is 5.92 Å². The van der Waals surface area contributed by atoms with Gasteiger partial charge in [-0.05, 0) is 44.7 Å². The fourth-order valence-electron chi connectivity index (χ4n) is 2.25. The monoisotopic (exact) mass is 263 g/mol. The van der Waals surface area contributed by atoms with E-state index in [4.69, 9.17) is 4.74 Å². The minimum atomic E-state index is 0.548. The van der Waals surface area contributed by atoms with Crippen LogP contribution < -0.4 is 5.32 Å². The molecule has 0 saturated heterocycles. The Labute approximate surface area is 118 Å². The average molecular weight is 263 g/mol. The minimum absolute atomic E-state index is 0.548. The van der Waals surface area contributed by atoms with Crippen molar-refractivity contribution in [3.05, 3.63) is 35.4 Å². The Morgan fingerprint density at radius 3 is 2.68 bits per heavy atom. The Kier molecular flexibility index (Phi) is 7.76. The van der Waals surface area contributed by atoms with Crippen LogP contribution in [0.5, 0.6) is 0 Å². The zero-order valence-corrected chi connectivity index (χ0v) is 12.9. The summed E-state index contributed by atoms with van der Waals surface area (Å²) in [5, 5.41) is 3.55. The van der Waals surface area contributed by atoms with Crippen molar-refractivity contribution in [2.45, 2.75) is 46.6 Å². The second-order valence-corrected chi connectivity index (χ2v) is 5.61. The minimum Gasteiger partial charge on any atom is -0.382 e. The van der Waals surface area contributed by atoms with Crippen molar-refractivity contribution >= 4 is 0 Å². The number of hydrogen-bond acceptors (Lipinski definition) is 2. The number of benzene rings is 1. The highest BCUT2D eigenvalue weighted by atomic mass is 16.5. The Balaban J connectivity index is 2.51. The van der Waals surface area contributed by atoms with E-state index in [0.29, 0.717) is 12.0 Å². The molecule has 1 aromatic rings. The Morgan fingerprint density at radius 2 is 2.05 bits per heavy atom. The van der Waals surface area contributed by atoms with Gasteiger partial charge >= 0.3 is 0 Å². The first-order valence-corrected chi connectivity index (χ1v) is 7.48. The molecule has 0 bridgehead atoms. The maximum absolute atomic E-state index is 5.50. The number of aryl methyl sites for hydroxylation is 1. The van der Waals surface area contributed by atoms with Gasteiger partial charge in [-0.25, -0.2) is 0 Å². The Morgan fingerprint density at radius 1 is 1.26 bits per heavy atom. The van der Waals surface area contributed by atoms with Gasteiger partial charge in [-0.3, -0.25) is 0 Å². The molecule has 0 aliphatic rings. The van der Waals surface area contributed by atoms with E-state index in [0.717, 1.165) is 32.6 Å². The van der Waals surface area contributed by atoms with Crippen LogP contribution in [0.1, 0.15) is 38.3 Å². The van der Waals surface area contributed by atoms with Crippen LogP contribution in [-0.2, 0) is 11.2 Å². The van der Waals surface area contributed by atoms with E-state index in [9.17, 15) is 0 Å². The first-order chi connectivity index (χ1) is 9.11. The first-order valence-electron chi connectivity index (χ1n) is 7.48. The average Bonchev–Trinajstić information content (AvgIpc) is 2.36. The molecule has 1 N–H and O–H groups in total. The topological polar surface area (TPSA) is 21.3 Å². The van der Waals surface area contributed by atoms with E-state index in [1.807, 2.05) is 0 Å². The molecule has 0 spiro atoms. The summed E-state index contributed by atoms with van der Waals surface area (Å²) in [4.78, 5) is 0. The fraction of sp³-hybridized carbons (Fsp3) is 0.647. The molecule has 0 aromatic heterocycles. The van der Waals surface area contributed by atoms with E-state index < -0.39 is 0 Å². The SMILES string of the molecule is CCOCCC(CNC(C)C)Cc1cccc(C)c1. The first kappa shape index (κ1) is 16.2. The van der Waals surface area contributed by atoms with Crippen LogP contribution in [0.3, 0.4) is 0 Å². The molecular formula is C17H29NO.